The van der Waals surface area contributed by atoms with Crippen LogP contribution in [0.2, 0.25) is 0 Å². The van der Waals surface area contributed by atoms with E-state index in [0.29, 0.717) is 60.3 Å². The zero-order valence-electron chi connectivity index (χ0n) is 32.3. The molecule has 10 rings (SSSR count). The minimum Gasteiger partial charge on any atom is -0.383 e. The van der Waals surface area contributed by atoms with Crippen molar-refractivity contribution in [1.82, 2.24) is 35.2 Å². The summed E-state index contributed by atoms with van der Waals surface area (Å²) in [4.78, 5) is 64.7. The molecular weight excluding hydrogens is 719 g/mol. The van der Waals surface area contributed by atoms with Gasteiger partial charge in [-0.2, -0.15) is 9.98 Å². The number of amidine groups is 4. The van der Waals surface area contributed by atoms with Crippen LogP contribution in [0.3, 0.4) is 0 Å². The van der Waals surface area contributed by atoms with Crippen LogP contribution in [0.4, 0.5) is 0 Å². The number of fused-ring (bicyclic) bond motifs is 1. The van der Waals surface area contributed by atoms with E-state index in [4.69, 9.17) is 30.7 Å². The van der Waals surface area contributed by atoms with E-state index in [1.807, 2.05) is 12.7 Å². The van der Waals surface area contributed by atoms with Crippen LogP contribution in [0.5, 0.6) is 0 Å². The van der Waals surface area contributed by atoms with Gasteiger partial charge in [0.1, 0.15) is 50.0 Å². The normalized spacial score (nSPS) is 19.2. The van der Waals surface area contributed by atoms with Crippen molar-refractivity contribution in [2.24, 2.45) is 45.7 Å². The van der Waals surface area contributed by atoms with Crippen molar-refractivity contribution in [2.75, 3.05) is 20.0 Å². The topological polar surface area (TPSA) is 214 Å². The van der Waals surface area contributed by atoms with Gasteiger partial charge in [0.15, 0.2) is 36.7 Å². The van der Waals surface area contributed by atoms with Gasteiger partial charge < -0.3 is 11.1 Å². The second-order valence-corrected chi connectivity index (χ2v) is 14.1. The van der Waals surface area contributed by atoms with E-state index in [0.717, 1.165) is 82.2 Å². The van der Waals surface area contributed by atoms with Crippen LogP contribution in [-0.2, 0) is 12.8 Å². The molecule has 0 fully saturated rings. The number of aliphatic imine (C=N–C) groups is 8. The highest BCUT2D eigenvalue weighted by Gasteiger charge is 2.36. The van der Waals surface area contributed by atoms with Crippen LogP contribution in [0.1, 0.15) is 74.9 Å². The number of hydrogen-bond acceptors (Lipinski definition) is 14. The van der Waals surface area contributed by atoms with Gasteiger partial charge in [0.2, 0.25) is 12.7 Å². The predicted octanol–water partition coefficient (Wildman–Crippen LogP) is 4.11. The molecule has 1 atom stereocenters. The monoisotopic (exact) mass is 760 g/mol. The third-order valence-corrected chi connectivity index (χ3v) is 10.9. The smallest absolute Gasteiger partial charge is 0.201 e. The van der Waals surface area contributed by atoms with E-state index in [1.165, 1.54) is 43.4 Å². The fourth-order valence-corrected chi connectivity index (χ4v) is 7.81. The molecule has 1 spiro atoms. The highest BCUT2D eigenvalue weighted by Crippen LogP contribution is 2.38. The van der Waals surface area contributed by atoms with E-state index >= 15 is 0 Å². The number of nitrogens with zero attached hydrogens (tertiary/aromatic N) is 15. The molecule has 0 saturated carbocycles. The highest BCUT2D eigenvalue weighted by atomic mass is 15.5. The van der Waals surface area contributed by atoms with Gasteiger partial charge >= 0.3 is 0 Å². The quantitative estimate of drug-likeness (QED) is 0.165. The highest BCUT2D eigenvalue weighted by molar-refractivity contribution is 6.20. The van der Waals surface area contributed by atoms with Crippen LogP contribution in [-0.4, -0.2) is 103 Å². The van der Waals surface area contributed by atoms with Gasteiger partial charge in [-0.05, 0) is 86.8 Å². The van der Waals surface area contributed by atoms with Crippen molar-refractivity contribution in [3.63, 3.8) is 0 Å². The summed E-state index contributed by atoms with van der Waals surface area (Å²) < 4.78 is 0.199. The Morgan fingerprint density at radius 3 is 1.84 bits per heavy atom. The number of nitrogens with two attached hydrogens (primary N) is 1. The molecule has 286 valence electrons. The number of rotatable bonds is 6. The Kier molecular flexibility index (Phi) is 10.2. The average Bonchev–Trinajstić information content (AvgIpc) is 3.24. The SMILES string of the molecule is C=CN=CN=C(N)c1c(C)c(C)c2c(c1-c1ncncn1)C1=NC[N+]3(C=NC(=NC3)c3c(c(C)c(C)c(-c4ncncn4)c3C3=NCN=CN3)CCCCC2)C=N1. The van der Waals surface area contributed by atoms with Crippen molar-refractivity contribution in [1.29, 1.82) is 0 Å². The third-order valence-electron chi connectivity index (χ3n) is 10.9. The van der Waals surface area contributed by atoms with E-state index < -0.39 is 0 Å². The first-order chi connectivity index (χ1) is 27.8. The predicted molar refractivity (Wildman–Crippen MR) is 223 cm³/mol. The van der Waals surface area contributed by atoms with Crippen LogP contribution in [0, 0.1) is 27.7 Å². The number of aromatic nitrogens is 6. The summed E-state index contributed by atoms with van der Waals surface area (Å²) in [6.07, 6.45) is 18.5. The zero-order chi connectivity index (χ0) is 39.5. The van der Waals surface area contributed by atoms with E-state index in [9.17, 15) is 0 Å². The van der Waals surface area contributed by atoms with Crippen molar-refractivity contribution >= 4 is 48.7 Å². The summed E-state index contributed by atoms with van der Waals surface area (Å²) in [6.45, 7) is 13.1. The minimum atomic E-state index is 0.199. The number of hydrogen-bond donors (Lipinski definition) is 2. The maximum Gasteiger partial charge on any atom is 0.201 e. The maximum absolute atomic E-state index is 6.74. The van der Waals surface area contributed by atoms with Gasteiger partial charge in [-0.3, -0.25) is 4.99 Å². The first-order valence-electron chi connectivity index (χ1n) is 18.7. The summed E-state index contributed by atoms with van der Waals surface area (Å²) >= 11 is 0. The zero-order valence-corrected chi connectivity index (χ0v) is 32.3. The van der Waals surface area contributed by atoms with Gasteiger partial charge in [-0.25, -0.2) is 59.3 Å². The largest absolute Gasteiger partial charge is 0.383 e. The average molecular weight is 761 g/mol. The second kappa shape index (κ2) is 15.7. The Morgan fingerprint density at radius 1 is 0.719 bits per heavy atom. The van der Waals surface area contributed by atoms with Crippen molar-refractivity contribution in [2.45, 2.75) is 59.8 Å². The van der Waals surface area contributed by atoms with Crippen LogP contribution < -0.4 is 11.1 Å². The van der Waals surface area contributed by atoms with Gasteiger partial charge in [0.05, 0.1) is 6.34 Å². The lowest BCUT2D eigenvalue weighted by Gasteiger charge is -2.32. The van der Waals surface area contributed by atoms with E-state index in [1.54, 1.807) is 6.34 Å². The molecule has 8 heterocycles. The van der Waals surface area contributed by atoms with Gasteiger partial charge in [-0.1, -0.05) is 13.0 Å². The first-order valence-corrected chi connectivity index (χ1v) is 18.7. The molecule has 17 nitrogen and oxygen atoms in total. The lowest BCUT2D eigenvalue weighted by molar-refractivity contribution is -0.733. The molecule has 0 radical (unpaired) electrons. The Morgan fingerprint density at radius 2 is 1.30 bits per heavy atom. The Balaban J connectivity index is 1.30. The lowest BCUT2D eigenvalue weighted by atomic mass is 9.82. The van der Waals surface area contributed by atoms with E-state index in [2.05, 4.69) is 84.5 Å². The van der Waals surface area contributed by atoms with Crippen molar-refractivity contribution in [3.05, 3.63) is 93.7 Å². The molecule has 2 aromatic carbocycles. The molecule has 0 saturated heterocycles. The Hall–Kier alpha value is -6.88. The van der Waals surface area contributed by atoms with Crippen LogP contribution >= 0.6 is 0 Å². The number of quaternary nitrogens is 1. The van der Waals surface area contributed by atoms with Crippen LogP contribution in [0.25, 0.3) is 22.8 Å². The summed E-state index contributed by atoms with van der Waals surface area (Å²) in [5.41, 5.74) is 18.1. The molecular formula is C40H42N17+. The molecule has 6 aliphatic rings. The molecule has 4 aromatic rings. The summed E-state index contributed by atoms with van der Waals surface area (Å²) in [5, 5.41) is 3.30. The molecule has 6 aliphatic heterocycles. The fourth-order valence-electron chi connectivity index (χ4n) is 7.81. The second-order valence-electron chi connectivity index (χ2n) is 14.1. The molecule has 3 N–H and O–H groups in total. The molecule has 3 bridgehead atoms. The summed E-state index contributed by atoms with van der Waals surface area (Å²) in [6, 6.07) is 0. The summed E-state index contributed by atoms with van der Waals surface area (Å²) in [5.74, 6) is 3.11. The third kappa shape index (κ3) is 6.86. The van der Waals surface area contributed by atoms with Gasteiger partial charge in [0, 0.05) is 39.6 Å². The Bertz CT molecular complexity index is 2510. The molecule has 2 aromatic heterocycles. The minimum absolute atomic E-state index is 0.199. The van der Waals surface area contributed by atoms with Crippen molar-refractivity contribution in [3.8, 4) is 22.8 Å². The van der Waals surface area contributed by atoms with Gasteiger partial charge in [-0.15, -0.1) is 0 Å². The molecule has 0 aliphatic carbocycles. The molecule has 1 unspecified atom stereocenters. The first kappa shape index (κ1) is 37.1. The van der Waals surface area contributed by atoms with Gasteiger partial charge in [0.25, 0.3) is 0 Å². The number of nitrogens with one attached hydrogen (secondary N) is 1. The maximum atomic E-state index is 6.74. The molecule has 17 heteroatoms. The lowest BCUT2D eigenvalue weighted by Crippen LogP contribution is -2.50. The Labute approximate surface area is 329 Å². The van der Waals surface area contributed by atoms with E-state index in [-0.39, 0.29) is 10.3 Å². The molecule has 57 heavy (non-hydrogen) atoms. The molecule has 0 amide bonds. The number of benzene rings is 2. The van der Waals surface area contributed by atoms with Crippen molar-refractivity contribution < 1.29 is 4.48 Å². The fraction of sp³-hybridized carbons (Fsp3) is 0.300. The van der Waals surface area contributed by atoms with Crippen LogP contribution in [0.15, 0.2) is 78.0 Å². The standard InChI is InChI=1S/C40H42N17/c1-6-42-12-46-35(41)29-25(4)23(2)27-10-8-7-9-11-28-24(3)26(5)30(36-47-13-43-14-48-36)34(40-51-17-45-18-52-40)32(28)38-55-21-57(22-56-38)19-53-37(54-20-57)31(27)33(29)39-49-15-44-16-50-39/h6,12-17,19,21H,1,7-11,18,20,22H2,2-5H3,(H2,41,42,46)(H,45,51,52)/q+1. The summed E-state index contributed by atoms with van der Waals surface area (Å²) in [7, 11) is 0.